The molecule has 1 aromatic carbocycles. The van der Waals surface area contributed by atoms with Crippen LogP contribution in [0.1, 0.15) is 19.3 Å². The number of hydrogen-bond acceptors (Lipinski definition) is 5. The zero-order valence-corrected chi connectivity index (χ0v) is 12.2. The molecule has 1 aliphatic rings. The van der Waals surface area contributed by atoms with Crippen molar-refractivity contribution < 1.29 is 13.2 Å². The summed E-state index contributed by atoms with van der Waals surface area (Å²) in [5.74, 6) is 0.612. The maximum absolute atomic E-state index is 11.3. The predicted molar refractivity (Wildman–Crippen MR) is 75.2 cm³/mol. The third-order valence-corrected chi connectivity index (χ3v) is 4.23. The van der Waals surface area contributed by atoms with E-state index in [2.05, 4.69) is 11.4 Å². The van der Waals surface area contributed by atoms with E-state index in [1.807, 2.05) is 0 Å². The van der Waals surface area contributed by atoms with E-state index in [9.17, 15) is 8.42 Å². The van der Waals surface area contributed by atoms with Crippen LogP contribution in [0.2, 0.25) is 0 Å². The second-order valence-corrected chi connectivity index (χ2v) is 7.02. The van der Waals surface area contributed by atoms with Crippen molar-refractivity contribution in [2.75, 3.05) is 12.9 Å². The van der Waals surface area contributed by atoms with Gasteiger partial charge < -0.3 is 4.74 Å². The molecule has 0 spiro atoms. The molecule has 20 heavy (non-hydrogen) atoms. The van der Waals surface area contributed by atoms with Crippen molar-refractivity contribution in [2.45, 2.75) is 36.2 Å². The van der Waals surface area contributed by atoms with Gasteiger partial charge in [-0.05, 0) is 37.1 Å². The fourth-order valence-corrected chi connectivity index (χ4v) is 2.43. The average molecular weight is 294 g/mol. The summed E-state index contributed by atoms with van der Waals surface area (Å²) in [6.07, 6.45) is 4.07. The van der Waals surface area contributed by atoms with Crippen molar-refractivity contribution in [1.82, 2.24) is 5.32 Å². The molecular formula is C14H18N2O3S. The first kappa shape index (κ1) is 14.8. The molecule has 5 nitrogen and oxygen atoms in total. The standard InChI is InChI=1S/C14H18N2O3S/c1-20(17,18)14-6-4-13(5-7-14)19-9-8-12(10-15)16-11-2-3-11/h4-7,11-12,16H,2-3,8-9H2,1H3. The molecule has 2 rings (SSSR count). The number of ether oxygens (including phenoxy) is 1. The molecule has 0 aliphatic heterocycles. The first-order chi connectivity index (χ1) is 9.49. The van der Waals surface area contributed by atoms with Gasteiger partial charge in [-0.2, -0.15) is 5.26 Å². The minimum Gasteiger partial charge on any atom is -0.493 e. The molecule has 0 heterocycles. The van der Waals surface area contributed by atoms with Crippen LogP contribution in [0.25, 0.3) is 0 Å². The summed E-state index contributed by atoms with van der Waals surface area (Å²) in [6, 6.07) is 8.84. The summed E-state index contributed by atoms with van der Waals surface area (Å²) < 4.78 is 28.1. The maximum Gasteiger partial charge on any atom is 0.175 e. The largest absolute Gasteiger partial charge is 0.493 e. The zero-order valence-electron chi connectivity index (χ0n) is 11.4. The number of hydrogen-bond donors (Lipinski definition) is 1. The first-order valence-corrected chi connectivity index (χ1v) is 8.47. The van der Waals surface area contributed by atoms with Gasteiger partial charge in [-0.25, -0.2) is 8.42 Å². The van der Waals surface area contributed by atoms with Crippen LogP contribution in [-0.4, -0.2) is 33.4 Å². The smallest absolute Gasteiger partial charge is 0.175 e. The van der Waals surface area contributed by atoms with Crippen LogP contribution < -0.4 is 10.1 Å². The van der Waals surface area contributed by atoms with E-state index in [1.165, 1.54) is 18.4 Å². The average Bonchev–Trinajstić information content (AvgIpc) is 3.21. The van der Waals surface area contributed by atoms with Crippen LogP contribution in [0.15, 0.2) is 29.2 Å². The highest BCUT2D eigenvalue weighted by molar-refractivity contribution is 7.90. The number of sulfone groups is 1. The minimum absolute atomic E-state index is 0.183. The quantitative estimate of drug-likeness (QED) is 0.824. The van der Waals surface area contributed by atoms with Gasteiger partial charge >= 0.3 is 0 Å². The number of rotatable bonds is 7. The third kappa shape index (κ3) is 4.51. The van der Waals surface area contributed by atoms with Crippen molar-refractivity contribution >= 4 is 9.84 Å². The second-order valence-electron chi connectivity index (χ2n) is 5.00. The van der Waals surface area contributed by atoms with E-state index >= 15 is 0 Å². The molecule has 0 saturated heterocycles. The van der Waals surface area contributed by atoms with Crippen molar-refractivity contribution in [1.29, 1.82) is 5.26 Å². The van der Waals surface area contributed by atoms with Crippen molar-refractivity contribution in [2.24, 2.45) is 0 Å². The lowest BCUT2D eigenvalue weighted by molar-refractivity contribution is 0.297. The van der Waals surface area contributed by atoms with Crippen LogP contribution in [-0.2, 0) is 9.84 Å². The predicted octanol–water partition coefficient (Wildman–Crippen LogP) is 1.50. The van der Waals surface area contributed by atoms with Gasteiger partial charge in [0.05, 0.1) is 23.6 Å². The van der Waals surface area contributed by atoms with Gasteiger partial charge in [0.2, 0.25) is 0 Å². The fraction of sp³-hybridized carbons (Fsp3) is 0.500. The van der Waals surface area contributed by atoms with E-state index < -0.39 is 9.84 Å². The van der Waals surface area contributed by atoms with Gasteiger partial charge in [0.1, 0.15) is 5.75 Å². The molecule has 0 radical (unpaired) electrons. The topological polar surface area (TPSA) is 79.2 Å². The summed E-state index contributed by atoms with van der Waals surface area (Å²) in [4.78, 5) is 0.273. The van der Waals surface area contributed by atoms with Gasteiger partial charge in [-0.1, -0.05) is 0 Å². The lowest BCUT2D eigenvalue weighted by Gasteiger charge is -2.11. The second kappa shape index (κ2) is 6.25. The molecule has 1 saturated carbocycles. The van der Waals surface area contributed by atoms with E-state index in [-0.39, 0.29) is 10.9 Å². The lowest BCUT2D eigenvalue weighted by atomic mass is 10.2. The Labute approximate surface area is 119 Å². The first-order valence-electron chi connectivity index (χ1n) is 6.57. The van der Waals surface area contributed by atoms with E-state index in [4.69, 9.17) is 10.00 Å². The van der Waals surface area contributed by atoms with Gasteiger partial charge in [0.25, 0.3) is 0 Å². The molecule has 0 aromatic heterocycles. The van der Waals surface area contributed by atoms with Gasteiger partial charge in [0.15, 0.2) is 9.84 Å². The highest BCUT2D eigenvalue weighted by Gasteiger charge is 2.24. The van der Waals surface area contributed by atoms with Gasteiger partial charge in [-0.3, -0.25) is 5.32 Å². The molecule has 1 atom stereocenters. The highest BCUT2D eigenvalue weighted by Crippen LogP contribution is 2.20. The SMILES string of the molecule is CS(=O)(=O)c1ccc(OCCC(C#N)NC2CC2)cc1. The van der Waals surface area contributed by atoms with Crippen LogP contribution in [0.5, 0.6) is 5.75 Å². The number of nitrogens with zero attached hydrogens (tertiary/aromatic N) is 1. The Kier molecular flexibility index (Phi) is 4.63. The monoisotopic (exact) mass is 294 g/mol. The molecule has 6 heteroatoms. The molecular weight excluding hydrogens is 276 g/mol. The Balaban J connectivity index is 1.80. The minimum atomic E-state index is -3.17. The summed E-state index contributed by atoms with van der Waals surface area (Å²) in [6.45, 7) is 0.427. The van der Waals surface area contributed by atoms with Crippen LogP contribution in [0.3, 0.4) is 0 Å². The Hall–Kier alpha value is -1.58. The Morgan fingerprint density at radius 3 is 2.55 bits per heavy atom. The molecule has 1 unspecified atom stereocenters. The molecule has 0 bridgehead atoms. The lowest BCUT2D eigenvalue weighted by Crippen LogP contribution is -2.31. The molecule has 1 fully saturated rings. The van der Waals surface area contributed by atoms with E-state index in [0.717, 1.165) is 12.8 Å². The molecule has 1 N–H and O–H groups in total. The Morgan fingerprint density at radius 1 is 1.40 bits per heavy atom. The van der Waals surface area contributed by atoms with E-state index in [0.29, 0.717) is 24.8 Å². The zero-order chi connectivity index (χ0) is 14.6. The third-order valence-electron chi connectivity index (χ3n) is 3.10. The summed E-state index contributed by atoms with van der Waals surface area (Å²) in [5.41, 5.74) is 0. The summed E-state index contributed by atoms with van der Waals surface area (Å²) in [5, 5.41) is 12.2. The molecule has 1 aromatic rings. The number of nitrogens with one attached hydrogen (secondary N) is 1. The highest BCUT2D eigenvalue weighted by atomic mass is 32.2. The van der Waals surface area contributed by atoms with Crippen LogP contribution >= 0.6 is 0 Å². The Morgan fingerprint density at radius 2 is 2.05 bits per heavy atom. The molecule has 1 aliphatic carbocycles. The number of nitriles is 1. The van der Waals surface area contributed by atoms with Gasteiger partial charge in [-0.15, -0.1) is 0 Å². The number of benzene rings is 1. The normalized spacial score (nSPS) is 16.4. The molecule has 108 valence electrons. The van der Waals surface area contributed by atoms with Crippen molar-refractivity contribution in [3.63, 3.8) is 0 Å². The maximum atomic E-state index is 11.3. The van der Waals surface area contributed by atoms with Gasteiger partial charge in [0, 0.05) is 18.7 Å². The van der Waals surface area contributed by atoms with Crippen molar-refractivity contribution in [3.8, 4) is 11.8 Å². The summed E-state index contributed by atoms with van der Waals surface area (Å²) >= 11 is 0. The summed E-state index contributed by atoms with van der Waals surface area (Å²) in [7, 11) is -3.17. The Bertz CT molecular complexity index is 586. The fourth-order valence-electron chi connectivity index (χ4n) is 1.80. The van der Waals surface area contributed by atoms with Crippen molar-refractivity contribution in [3.05, 3.63) is 24.3 Å². The molecule has 0 amide bonds. The van der Waals surface area contributed by atoms with E-state index in [1.54, 1.807) is 12.1 Å². The van der Waals surface area contributed by atoms with Crippen LogP contribution in [0, 0.1) is 11.3 Å². The van der Waals surface area contributed by atoms with Crippen LogP contribution in [0.4, 0.5) is 0 Å².